The maximum atomic E-state index is 12.2. The molecular weight excluding hydrogens is 242 g/mol. The highest BCUT2D eigenvalue weighted by Crippen LogP contribution is 2.26. The van der Waals surface area contributed by atoms with Crippen LogP contribution in [0, 0.1) is 5.92 Å². The van der Waals surface area contributed by atoms with Crippen molar-refractivity contribution in [3.05, 3.63) is 23.6 Å². The normalized spacial score (nSPS) is 21.5. The van der Waals surface area contributed by atoms with E-state index in [4.69, 9.17) is 9.47 Å². The van der Waals surface area contributed by atoms with Crippen LogP contribution in [0.3, 0.4) is 0 Å². The number of amides is 1. The number of hydrogen-bond donors (Lipinski definition) is 1. The fourth-order valence-electron chi connectivity index (χ4n) is 2.58. The van der Waals surface area contributed by atoms with Gasteiger partial charge in [0.05, 0.1) is 0 Å². The van der Waals surface area contributed by atoms with E-state index in [1.165, 1.54) is 0 Å². The summed E-state index contributed by atoms with van der Waals surface area (Å²) in [7, 11) is 0. The van der Waals surface area contributed by atoms with Crippen LogP contribution >= 0.6 is 0 Å². The SMILES string of the molecule is CCCC(CCC)C(=O)NC1=CC=C2OCOC2C1. The van der Waals surface area contributed by atoms with Crippen molar-refractivity contribution in [3.8, 4) is 0 Å². The van der Waals surface area contributed by atoms with Gasteiger partial charge in [-0.25, -0.2) is 0 Å². The maximum absolute atomic E-state index is 12.2. The average Bonchev–Trinajstić information content (AvgIpc) is 2.86. The van der Waals surface area contributed by atoms with E-state index < -0.39 is 0 Å². The van der Waals surface area contributed by atoms with Gasteiger partial charge in [0.1, 0.15) is 11.9 Å². The summed E-state index contributed by atoms with van der Waals surface area (Å²) >= 11 is 0. The highest BCUT2D eigenvalue weighted by molar-refractivity contribution is 5.80. The standard InChI is InChI=1S/C15H23NO3/c1-3-5-11(6-4-2)15(17)16-12-7-8-13-14(9-12)19-10-18-13/h7-8,11,14H,3-6,9-10H2,1-2H3,(H,16,17). The second-order valence-electron chi connectivity index (χ2n) is 5.15. The lowest BCUT2D eigenvalue weighted by Gasteiger charge is -2.20. The summed E-state index contributed by atoms with van der Waals surface area (Å²) in [4.78, 5) is 12.2. The minimum atomic E-state index is -0.0175. The van der Waals surface area contributed by atoms with E-state index in [9.17, 15) is 4.79 Å². The summed E-state index contributed by atoms with van der Waals surface area (Å²) < 4.78 is 10.8. The Morgan fingerprint density at radius 1 is 1.37 bits per heavy atom. The molecule has 2 aliphatic rings. The van der Waals surface area contributed by atoms with E-state index in [2.05, 4.69) is 19.2 Å². The summed E-state index contributed by atoms with van der Waals surface area (Å²) in [5.74, 6) is 1.14. The Hall–Kier alpha value is -1.29. The Kier molecular flexibility index (Phi) is 5.02. The molecule has 19 heavy (non-hydrogen) atoms. The van der Waals surface area contributed by atoms with Crippen molar-refractivity contribution in [2.75, 3.05) is 6.79 Å². The van der Waals surface area contributed by atoms with Gasteiger partial charge in [0, 0.05) is 18.0 Å². The van der Waals surface area contributed by atoms with Gasteiger partial charge in [-0.3, -0.25) is 4.79 Å². The fraction of sp³-hybridized carbons (Fsp3) is 0.667. The third kappa shape index (κ3) is 3.60. The molecule has 1 saturated heterocycles. The van der Waals surface area contributed by atoms with Crippen LogP contribution in [-0.2, 0) is 14.3 Å². The van der Waals surface area contributed by atoms with Gasteiger partial charge in [0.25, 0.3) is 0 Å². The molecule has 0 aromatic rings. The highest BCUT2D eigenvalue weighted by Gasteiger charge is 2.28. The molecule has 0 spiro atoms. The van der Waals surface area contributed by atoms with Crippen molar-refractivity contribution in [1.82, 2.24) is 5.32 Å². The molecule has 0 aromatic heterocycles. The first-order valence-electron chi connectivity index (χ1n) is 7.20. The number of fused-ring (bicyclic) bond motifs is 1. The zero-order valence-electron chi connectivity index (χ0n) is 11.8. The molecule has 2 rings (SSSR count). The smallest absolute Gasteiger partial charge is 0.227 e. The molecule has 4 heteroatoms. The van der Waals surface area contributed by atoms with E-state index in [1.54, 1.807) is 0 Å². The zero-order chi connectivity index (χ0) is 13.7. The minimum absolute atomic E-state index is 0.0175. The fourth-order valence-corrected chi connectivity index (χ4v) is 2.58. The minimum Gasteiger partial charge on any atom is -0.469 e. The quantitative estimate of drug-likeness (QED) is 0.803. The van der Waals surface area contributed by atoms with Gasteiger partial charge in [0.15, 0.2) is 6.79 Å². The summed E-state index contributed by atoms with van der Waals surface area (Å²) in [5.41, 5.74) is 0.932. The van der Waals surface area contributed by atoms with Crippen molar-refractivity contribution < 1.29 is 14.3 Å². The first-order chi connectivity index (χ1) is 9.24. The average molecular weight is 265 g/mol. The molecule has 1 fully saturated rings. The van der Waals surface area contributed by atoms with Gasteiger partial charge in [-0.15, -0.1) is 0 Å². The summed E-state index contributed by atoms with van der Waals surface area (Å²) in [5, 5.41) is 3.04. The van der Waals surface area contributed by atoms with Crippen LogP contribution in [0.25, 0.3) is 0 Å². The predicted molar refractivity (Wildman–Crippen MR) is 73.1 cm³/mol. The monoisotopic (exact) mass is 265 g/mol. The summed E-state index contributed by atoms with van der Waals surface area (Å²) in [6, 6.07) is 0. The van der Waals surface area contributed by atoms with Crippen LogP contribution in [0.15, 0.2) is 23.6 Å². The summed E-state index contributed by atoms with van der Waals surface area (Å²) in [6.45, 7) is 4.56. The van der Waals surface area contributed by atoms with Crippen molar-refractivity contribution in [3.63, 3.8) is 0 Å². The van der Waals surface area contributed by atoms with Gasteiger partial charge < -0.3 is 14.8 Å². The first kappa shape index (κ1) is 14.1. The van der Waals surface area contributed by atoms with Gasteiger partial charge in [-0.2, -0.15) is 0 Å². The molecule has 4 nitrogen and oxygen atoms in total. The van der Waals surface area contributed by atoms with Crippen molar-refractivity contribution in [1.29, 1.82) is 0 Å². The molecule has 0 saturated carbocycles. The lowest BCUT2D eigenvalue weighted by molar-refractivity contribution is -0.124. The van der Waals surface area contributed by atoms with Gasteiger partial charge in [-0.1, -0.05) is 26.7 Å². The molecular formula is C15H23NO3. The Labute approximate surface area is 114 Å². The second kappa shape index (κ2) is 6.75. The van der Waals surface area contributed by atoms with Crippen LogP contribution in [-0.4, -0.2) is 18.8 Å². The van der Waals surface area contributed by atoms with E-state index in [-0.39, 0.29) is 17.9 Å². The van der Waals surface area contributed by atoms with E-state index in [0.717, 1.165) is 37.1 Å². The number of hydrogen-bond acceptors (Lipinski definition) is 3. The van der Waals surface area contributed by atoms with Crippen LogP contribution in [0.2, 0.25) is 0 Å². The molecule has 1 aliphatic heterocycles. The molecule has 106 valence electrons. The zero-order valence-corrected chi connectivity index (χ0v) is 11.8. The van der Waals surface area contributed by atoms with Crippen LogP contribution in [0.1, 0.15) is 46.0 Å². The molecule has 1 unspecified atom stereocenters. The van der Waals surface area contributed by atoms with Gasteiger partial charge in [0.2, 0.25) is 5.91 Å². The number of ether oxygens (including phenoxy) is 2. The number of carbonyl (C=O) groups excluding carboxylic acids is 1. The Balaban J connectivity index is 1.91. The molecule has 1 heterocycles. The van der Waals surface area contributed by atoms with E-state index >= 15 is 0 Å². The third-order valence-electron chi connectivity index (χ3n) is 3.60. The van der Waals surface area contributed by atoms with E-state index in [0.29, 0.717) is 13.2 Å². The van der Waals surface area contributed by atoms with Crippen molar-refractivity contribution in [2.24, 2.45) is 5.92 Å². The number of carbonyl (C=O) groups is 1. The number of nitrogens with one attached hydrogen (secondary N) is 1. The predicted octanol–water partition coefficient (Wildman–Crippen LogP) is 2.86. The molecule has 0 radical (unpaired) electrons. The molecule has 1 atom stereocenters. The molecule has 0 bridgehead atoms. The highest BCUT2D eigenvalue weighted by atomic mass is 16.7. The number of allylic oxidation sites excluding steroid dienone is 2. The Morgan fingerprint density at radius 3 is 2.79 bits per heavy atom. The number of rotatable bonds is 6. The van der Waals surface area contributed by atoms with Crippen molar-refractivity contribution in [2.45, 2.75) is 52.1 Å². The van der Waals surface area contributed by atoms with Crippen LogP contribution in [0.5, 0.6) is 0 Å². The first-order valence-corrected chi connectivity index (χ1v) is 7.20. The van der Waals surface area contributed by atoms with Crippen LogP contribution in [0.4, 0.5) is 0 Å². The van der Waals surface area contributed by atoms with Gasteiger partial charge >= 0.3 is 0 Å². The summed E-state index contributed by atoms with van der Waals surface area (Å²) in [6.07, 6.45) is 8.49. The lowest BCUT2D eigenvalue weighted by Crippen LogP contribution is -2.32. The van der Waals surface area contributed by atoms with Crippen molar-refractivity contribution >= 4 is 5.91 Å². The topological polar surface area (TPSA) is 47.6 Å². The maximum Gasteiger partial charge on any atom is 0.227 e. The molecule has 0 aromatic carbocycles. The lowest BCUT2D eigenvalue weighted by atomic mass is 9.96. The third-order valence-corrected chi connectivity index (χ3v) is 3.60. The molecule has 1 N–H and O–H groups in total. The Bertz CT molecular complexity index is 381. The van der Waals surface area contributed by atoms with Gasteiger partial charge in [-0.05, 0) is 25.0 Å². The van der Waals surface area contributed by atoms with E-state index in [1.807, 2.05) is 12.2 Å². The largest absolute Gasteiger partial charge is 0.469 e. The van der Waals surface area contributed by atoms with Crippen LogP contribution < -0.4 is 5.32 Å². The molecule has 1 amide bonds. The molecule has 1 aliphatic carbocycles. The Morgan fingerprint density at radius 2 is 2.11 bits per heavy atom. The second-order valence-corrected chi connectivity index (χ2v) is 5.15.